The Labute approximate surface area is 310 Å². The molecule has 0 spiro atoms. The second-order valence-electron chi connectivity index (χ2n) is 16.2. The maximum absolute atomic E-state index is 14.3. The first kappa shape index (κ1) is 30.9. The van der Waals surface area contributed by atoms with Crippen molar-refractivity contribution in [2.75, 3.05) is 4.90 Å². The maximum atomic E-state index is 14.3. The minimum atomic E-state index is -0.227. The van der Waals surface area contributed by atoms with E-state index in [0.29, 0.717) is 5.41 Å². The van der Waals surface area contributed by atoms with E-state index >= 15 is 0 Å². The van der Waals surface area contributed by atoms with Gasteiger partial charge in [-0.05, 0) is 144 Å². The van der Waals surface area contributed by atoms with Gasteiger partial charge in [-0.25, -0.2) is 4.39 Å². The number of hydrogen-bond donors (Lipinski definition) is 0. The quantitative estimate of drug-likeness (QED) is 0.169. The molecule has 6 aromatic carbocycles. The molecule has 0 unspecified atom stereocenters. The van der Waals surface area contributed by atoms with E-state index < -0.39 is 0 Å². The summed E-state index contributed by atoms with van der Waals surface area (Å²) < 4.78 is 16.7. The molecule has 4 fully saturated rings. The molecule has 12 rings (SSSR count). The zero-order chi connectivity index (χ0) is 35.1. The topological polar surface area (TPSA) is 7.65 Å². The van der Waals surface area contributed by atoms with E-state index in [4.69, 9.17) is 0 Å². The zero-order valence-electron chi connectivity index (χ0n) is 29.8. The monoisotopic (exact) mass is 688 g/mol. The molecule has 0 saturated heterocycles. The van der Waals surface area contributed by atoms with Crippen LogP contribution in [0.2, 0.25) is 0 Å². The van der Waals surface area contributed by atoms with Crippen LogP contribution in [0.15, 0.2) is 158 Å². The number of nitrogens with zero attached hydrogens (tertiary/aromatic N) is 2. The van der Waals surface area contributed by atoms with Crippen LogP contribution in [-0.2, 0) is 5.41 Å². The Kier molecular flexibility index (Phi) is 6.96. The Morgan fingerprint density at radius 1 is 0.509 bits per heavy atom. The Balaban J connectivity index is 1.04. The summed E-state index contributed by atoms with van der Waals surface area (Å²) in [6.45, 7) is 0. The lowest BCUT2D eigenvalue weighted by Crippen LogP contribution is -2.48. The van der Waals surface area contributed by atoms with Crippen molar-refractivity contribution in [3.63, 3.8) is 0 Å². The van der Waals surface area contributed by atoms with Gasteiger partial charge in [-0.2, -0.15) is 0 Å². The van der Waals surface area contributed by atoms with E-state index in [0.717, 1.165) is 40.4 Å². The molecule has 53 heavy (non-hydrogen) atoms. The summed E-state index contributed by atoms with van der Waals surface area (Å²) in [6, 6.07) is 55.9. The number of pyridine rings is 1. The number of fused-ring (bicyclic) bond motifs is 4. The molecule has 2 aromatic heterocycles. The molecule has 2 nitrogen and oxygen atoms in total. The molecular weight excluding hydrogens is 648 g/mol. The van der Waals surface area contributed by atoms with E-state index in [1.54, 1.807) is 12.1 Å². The third kappa shape index (κ3) is 4.97. The molecular formula is C50H41FN2. The first-order valence-corrected chi connectivity index (χ1v) is 19.4. The van der Waals surface area contributed by atoms with Crippen molar-refractivity contribution in [3.05, 3.63) is 169 Å². The molecule has 3 heteroatoms. The number of halogens is 1. The molecule has 2 heterocycles. The summed E-state index contributed by atoms with van der Waals surface area (Å²) in [5.74, 6) is 2.50. The molecule has 0 amide bonds. The van der Waals surface area contributed by atoms with Crippen LogP contribution in [0.25, 0.3) is 49.6 Å². The van der Waals surface area contributed by atoms with Crippen molar-refractivity contribution in [2.24, 2.45) is 17.8 Å². The Hall–Kier alpha value is -5.67. The summed E-state index contributed by atoms with van der Waals surface area (Å²) in [7, 11) is 0. The predicted octanol–water partition coefficient (Wildman–Crippen LogP) is 13.7. The minimum Gasteiger partial charge on any atom is -0.311 e. The lowest BCUT2D eigenvalue weighted by molar-refractivity contribution is -0.00518. The van der Waals surface area contributed by atoms with Gasteiger partial charge in [-0.15, -0.1) is 0 Å². The number of anilines is 3. The number of aromatic nitrogens is 1. The summed E-state index contributed by atoms with van der Waals surface area (Å²) >= 11 is 0. The molecule has 8 aromatic rings. The summed E-state index contributed by atoms with van der Waals surface area (Å²) in [5.41, 5.74) is 12.1. The Morgan fingerprint density at radius 2 is 1.06 bits per heavy atom. The van der Waals surface area contributed by atoms with Crippen LogP contribution in [0, 0.1) is 23.6 Å². The van der Waals surface area contributed by atoms with Crippen molar-refractivity contribution in [2.45, 2.75) is 43.9 Å². The van der Waals surface area contributed by atoms with Gasteiger partial charge in [-0.3, -0.25) is 0 Å². The summed E-state index contributed by atoms with van der Waals surface area (Å²) in [4.78, 5) is 2.27. The van der Waals surface area contributed by atoms with Crippen LogP contribution in [0.5, 0.6) is 0 Å². The minimum absolute atomic E-state index is 0.227. The summed E-state index contributed by atoms with van der Waals surface area (Å²) in [6.07, 6.45) is 8.41. The number of para-hydroxylation sites is 1. The van der Waals surface area contributed by atoms with Crippen LogP contribution in [0.4, 0.5) is 21.5 Å². The fourth-order valence-corrected chi connectivity index (χ4v) is 11.2. The van der Waals surface area contributed by atoms with E-state index in [1.807, 2.05) is 12.1 Å². The van der Waals surface area contributed by atoms with Gasteiger partial charge >= 0.3 is 0 Å². The van der Waals surface area contributed by atoms with Gasteiger partial charge in [0.2, 0.25) is 0 Å². The standard InChI is InChI=1S/C50H41FN2/c51-40-18-24-43(25-19-40)52(42-22-16-39(17-23-42)50-30-33-26-34(31-50)28-35(27-33)32-50)41-20-14-37(15-21-41)49-44-11-5-4-10-38(44)29-47-48(36-8-2-1-3-9-36)45-12-6-7-13-46(45)53(47)49/h1-25,29,33-35H,26-28,30-32H2. The van der Waals surface area contributed by atoms with E-state index in [-0.39, 0.29) is 5.82 Å². The van der Waals surface area contributed by atoms with E-state index in [2.05, 4.69) is 143 Å². The van der Waals surface area contributed by atoms with Crippen LogP contribution in [0.3, 0.4) is 0 Å². The smallest absolute Gasteiger partial charge is 0.123 e. The van der Waals surface area contributed by atoms with Gasteiger partial charge in [0.15, 0.2) is 0 Å². The van der Waals surface area contributed by atoms with E-state index in [1.165, 1.54) is 88.1 Å². The number of rotatable bonds is 6. The van der Waals surface area contributed by atoms with Gasteiger partial charge in [0.25, 0.3) is 0 Å². The van der Waals surface area contributed by atoms with Gasteiger partial charge in [0, 0.05) is 33.4 Å². The largest absolute Gasteiger partial charge is 0.311 e. The molecule has 4 saturated carbocycles. The highest BCUT2D eigenvalue weighted by Crippen LogP contribution is 2.61. The third-order valence-corrected chi connectivity index (χ3v) is 13.0. The highest BCUT2D eigenvalue weighted by molar-refractivity contribution is 6.11. The third-order valence-electron chi connectivity index (χ3n) is 13.0. The van der Waals surface area contributed by atoms with Gasteiger partial charge in [-0.1, -0.05) is 97.1 Å². The van der Waals surface area contributed by atoms with Gasteiger partial charge in [0.05, 0.1) is 16.7 Å². The maximum Gasteiger partial charge on any atom is 0.123 e. The molecule has 4 aliphatic rings. The van der Waals surface area contributed by atoms with Crippen molar-refractivity contribution in [1.82, 2.24) is 4.40 Å². The molecule has 4 aliphatic carbocycles. The van der Waals surface area contributed by atoms with Crippen molar-refractivity contribution in [1.29, 1.82) is 0 Å². The Morgan fingerprint density at radius 3 is 1.72 bits per heavy atom. The average molecular weight is 689 g/mol. The predicted molar refractivity (Wildman–Crippen MR) is 218 cm³/mol. The zero-order valence-corrected chi connectivity index (χ0v) is 29.8. The van der Waals surface area contributed by atoms with Crippen molar-refractivity contribution < 1.29 is 4.39 Å². The lowest BCUT2D eigenvalue weighted by atomic mass is 9.48. The first-order chi connectivity index (χ1) is 26.1. The molecule has 258 valence electrons. The van der Waals surface area contributed by atoms with Crippen LogP contribution >= 0.6 is 0 Å². The average Bonchev–Trinajstić information content (AvgIpc) is 3.52. The molecule has 0 N–H and O–H groups in total. The first-order valence-electron chi connectivity index (χ1n) is 19.4. The van der Waals surface area contributed by atoms with Crippen LogP contribution in [-0.4, -0.2) is 4.40 Å². The summed E-state index contributed by atoms with van der Waals surface area (Å²) in [5, 5.41) is 3.67. The fourth-order valence-electron chi connectivity index (χ4n) is 11.2. The van der Waals surface area contributed by atoms with Crippen LogP contribution < -0.4 is 4.90 Å². The number of benzene rings is 6. The lowest BCUT2D eigenvalue weighted by Gasteiger charge is -2.57. The highest BCUT2D eigenvalue weighted by Gasteiger charge is 2.51. The number of hydrogen-bond acceptors (Lipinski definition) is 1. The second-order valence-corrected chi connectivity index (χ2v) is 16.2. The molecule has 0 aliphatic heterocycles. The molecule has 4 bridgehead atoms. The SMILES string of the molecule is Fc1ccc(N(c2ccc(-c3c4ccccc4cc4c(-c5ccccc5)c5ccccc5n34)cc2)c2ccc(C34CC5CC(CC(C5)C3)C4)cc2)cc1. The highest BCUT2D eigenvalue weighted by atomic mass is 19.1. The van der Waals surface area contributed by atoms with Gasteiger partial charge in [0.1, 0.15) is 5.82 Å². The Bertz CT molecular complexity index is 2600. The second kappa shape index (κ2) is 11.9. The van der Waals surface area contributed by atoms with Crippen molar-refractivity contribution in [3.8, 4) is 22.4 Å². The molecule has 0 radical (unpaired) electrons. The van der Waals surface area contributed by atoms with Crippen molar-refractivity contribution >= 4 is 44.3 Å². The fraction of sp³-hybridized carbons (Fsp3) is 0.200. The van der Waals surface area contributed by atoms with E-state index in [9.17, 15) is 4.39 Å². The van der Waals surface area contributed by atoms with Crippen LogP contribution in [0.1, 0.15) is 44.1 Å². The van der Waals surface area contributed by atoms with Gasteiger partial charge < -0.3 is 9.30 Å². The normalized spacial score (nSPS) is 21.9. The molecule has 0 atom stereocenters.